The van der Waals surface area contributed by atoms with Gasteiger partial charge in [-0.15, -0.1) is 0 Å². The molecule has 0 unspecified atom stereocenters. The van der Waals surface area contributed by atoms with E-state index in [0.717, 1.165) is 51.4 Å². The lowest BCUT2D eigenvalue weighted by atomic mass is 10.1. The Labute approximate surface area is 147 Å². The maximum atomic E-state index is 11.6. The summed E-state index contributed by atoms with van der Waals surface area (Å²) in [4.78, 5) is 20.8. The molecule has 0 atom stereocenters. The molecule has 0 spiro atoms. The zero-order chi connectivity index (χ0) is 17.2. The molecule has 2 saturated heterocycles. The summed E-state index contributed by atoms with van der Waals surface area (Å²) >= 11 is 0. The van der Waals surface area contributed by atoms with E-state index in [2.05, 4.69) is 29.4 Å². The van der Waals surface area contributed by atoms with E-state index in [1.165, 1.54) is 38.9 Å². The quantitative estimate of drug-likeness (QED) is 0.400. The van der Waals surface area contributed by atoms with Gasteiger partial charge >= 0.3 is 0 Å². The van der Waals surface area contributed by atoms with Crippen LogP contribution in [0.3, 0.4) is 0 Å². The molecule has 0 bridgehead atoms. The second kappa shape index (κ2) is 10.5. The Morgan fingerprint density at radius 2 is 2.00 bits per heavy atom. The van der Waals surface area contributed by atoms with Crippen molar-refractivity contribution in [2.75, 3.05) is 45.8 Å². The van der Waals surface area contributed by atoms with E-state index in [4.69, 9.17) is 4.99 Å². The Bertz CT molecular complexity index is 404. The number of hydrogen-bond acceptors (Lipinski definition) is 3. The monoisotopic (exact) mass is 337 g/mol. The van der Waals surface area contributed by atoms with Crippen LogP contribution in [-0.4, -0.2) is 73.5 Å². The van der Waals surface area contributed by atoms with Crippen LogP contribution in [-0.2, 0) is 4.79 Å². The lowest BCUT2D eigenvalue weighted by molar-refractivity contribution is -0.127. The van der Waals surface area contributed by atoms with Gasteiger partial charge in [0.15, 0.2) is 5.96 Å². The molecule has 2 aliphatic heterocycles. The molecule has 24 heavy (non-hydrogen) atoms. The Morgan fingerprint density at radius 1 is 1.21 bits per heavy atom. The number of nitrogens with zero attached hydrogens (tertiary/aromatic N) is 3. The molecule has 0 saturated carbocycles. The Hall–Kier alpha value is -1.30. The van der Waals surface area contributed by atoms with Crippen LogP contribution in [0.2, 0.25) is 0 Å². The minimum absolute atomic E-state index is 0.308. The molecule has 0 aromatic rings. The van der Waals surface area contributed by atoms with E-state index in [9.17, 15) is 4.79 Å². The second-order valence-electron chi connectivity index (χ2n) is 6.86. The lowest BCUT2D eigenvalue weighted by Gasteiger charge is -2.32. The van der Waals surface area contributed by atoms with Crippen LogP contribution in [0.5, 0.6) is 0 Å². The summed E-state index contributed by atoms with van der Waals surface area (Å²) in [5.41, 5.74) is 0. The van der Waals surface area contributed by atoms with Crippen LogP contribution in [0, 0.1) is 0 Å². The first kappa shape index (κ1) is 19.0. The van der Waals surface area contributed by atoms with E-state index in [1.54, 1.807) is 0 Å². The third kappa shape index (κ3) is 6.30. The van der Waals surface area contributed by atoms with Gasteiger partial charge in [-0.2, -0.15) is 0 Å². The Morgan fingerprint density at radius 3 is 2.62 bits per heavy atom. The van der Waals surface area contributed by atoms with Gasteiger partial charge in [-0.1, -0.05) is 6.92 Å². The highest BCUT2D eigenvalue weighted by atomic mass is 16.2. The number of carbonyl (C=O) groups excluding carboxylic acids is 1. The summed E-state index contributed by atoms with van der Waals surface area (Å²) in [6.07, 6.45) is 6.30. The smallest absolute Gasteiger partial charge is 0.222 e. The van der Waals surface area contributed by atoms with Gasteiger partial charge in [0, 0.05) is 51.7 Å². The molecule has 2 heterocycles. The van der Waals surface area contributed by atoms with Gasteiger partial charge in [-0.25, -0.2) is 0 Å². The third-order valence-corrected chi connectivity index (χ3v) is 4.84. The molecular weight excluding hydrogens is 302 g/mol. The SMILES string of the molecule is CCCN1CCC(NC(=NCCCN2CCCC2=O)NCC)CC1. The van der Waals surface area contributed by atoms with Crippen molar-refractivity contribution < 1.29 is 4.79 Å². The van der Waals surface area contributed by atoms with E-state index >= 15 is 0 Å². The highest BCUT2D eigenvalue weighted by molar-refractivity contribution is 5.80. The van der Waals surface area contributed by atoms with Gasteiger partial charge in [-0.3, -0.25) is 9.79 Å². The summed E-state index contributed by atoms with van der Waals surface area (Å²) in [6, 6.07) is 0.524. The molecule has 6 heteroatoms. The standard InChI is InChI=1S/C18H35N5O/c1-3-11-22-14-8-16(9-15-22)21-18(19-4-2)20-10-6-13-23-12-5-7-17(23)24/h16H,3-15H2,1-2H3,(H2,19,20,21). The van der Waals surface area contributed by atoms with Gasteiger partial charge in [0.25, 0.3) is 0 Å². The molecule has 1 amide bonds. The Kier molecular flexibility index (Phi) is 8.36. The molecule has 138 valence electrons. The molecule has 2 aliphatic rings. The number of amides is 1. The second-order valence-corrected chi connectivity index (χ2v) is 6.86. The van der Waals surface area contributed by atoms with Gasteiger partial charge < -0.3 is 20.4 Å². The molecule has 2 rings (SSSR count). The molecule has 6 nitrogen and oxygen atoms in total. The van der Waals surface area contributed by atoms with Gasteiger partial charge in [0.1, 0.15) is 0 Å². The van der Waals surface area contributed by atoms with Gasteiger partial charge in [0.05, 0.1) is 0 Å². The normalized spacial score (nSPS) is 20.7. The van der Waals surface area contributed by atoms with Crippen LogP contribution in [0.1, 0.15) is 52.4 Å². The summed E-state index contributed by atoms with van der Waals surface area (Å²) in [6.45, 7) is 11.4. The average Bonchev–Trinajstić information content (AvgIpc) is 2.99. The molecule has 0 aromatic carbocycles. The number of rotatable bonds is 8. The van der Waals surface area contributed by atoms with E-state index in [-0.39, 0.29) is 0 Å². The fourth-order valence-corrected chi connectivity index (χ4v) is 3.52. The zero-order valence-electron chi connectivity index (χ0n) is 15.5. The van der Waals surface area contributed by atoms with Gasteiger partial charge in [0.2, 0.25) is 5.91 Å². The molecule has 0 radical (unpaired) electrons. The number of carbonyl (C=O) groups is 1. The number of aliphatic imine (C=N–C) groups is 1. The van der Waals surface area contributed by atoms with Crippen molar-refractivity contribution in [3.8, 4) is 0 Å². The first-order valence-electron chi connectivity index (χ1n) is 9.78. The van der Waals surface area contributed by atoms with Crippen molar-refractivity contribution in [2.45, 2.75) is 58.4 Å². The lowest BCUT2D eigenvalue weighted by Crippen LogP contribution is -2.48. The summed E-state index contributed by atoms with van der Waals surface area (Å²) in [5.74, 6) is 1.24. The number of likely N-dealkylation sites (tertiary alicyclic amines) is 2. The fraction of sp³-hybridized carbons (Fsp3) is 0.889. The predicted molar refractivity (Wildman–Crippen MR) is 99.3 cm³/mol. The van der Waals surface area contributed by atoms with Crippen molar-refractivity contribution in [1.82, 2.24) is 20.4 Å². The highest BCUT2D eigenvalue weighted by Gasteiger charge is 2.20. The number of hydrogen-bond donors (Lipinski definition) is 2. The largest absolute Gasteiger partial charge is 0.357 e. The summed E-state index contributed by atoms with van der Waals surface area (Å²) in [5, 5.41) is 6.94. The van der Waals surface area contributed by atoms with E-state index in [1.807, 2.05) is 4.90 Å². The van der Waals surface area contributed by atoms with Crippen molar-refractivity contribution in [3.63, 3.8) is 0 Å². The van der Waals surface area contributed by atoms with Crippen LogP contribution in [0.25, 0.3) is 0 Å². The van der Waals surface area contributed by atoms with Crippen LogP contribution >= 0.6 is 0 Å². The van der Waals surface area contributed by atoms with Gasteiger partial charge in [-0.05, 0) is 45.6 Å². The third-order valence-electron chi connectivity index (χ3n) is 4.84. The van der Waals surface area contributed by atoms with E-state index in [0.29, 0.717) is 11.9 Å². The molecule has 0 aliphatic carbocycles. The maximum absolute atomic E-state index is 11.6. The minimum atomic E-state index is 0.308. The maximum Gasteiger partial charge on any atom is 0.222 e. The highest BCUT2D eigenvalue weighted by Crippen LogP contribution is 2.11. The average molecular weight is 338 g/mol. The van der Waals surface area contributed by atoms with Crippen molar-refractivity contribution in [2.24, 2.45) is 4.99 Å². The zero-order valence-corrected chi connectivity index (χ0v) is 15.5. The van der Waals surface area contributed by atoms with Crippen molar-refractivity contribution in [3.05, 3.63) is 0 Å². The van der Waals surface area contributed by atoms with Crippen LogP contribution < -0.4 is 10.6 Å². The number of guanidine groups is 1. The number of nitrogens with one attached hydrogen (secondary N) is 2. The first-order valence-corrected chi connectivity index (χ1v) is 9.78. The Balaban J connectivity index is 1.69. The van der Waals surface area contributed by atoms with E-state index < -0.39 is 0 Å². The molecule has 0 aromatic heterocycles. The van der Waals surface area contributed by atoms with Crippen LogP contribution in [0.15, 0.2) is 4.99 Å². The summed E-state index contributed by atoms with van der Waals surface area (Å²) in [7, 11) is 0. The molecule has 2 fully saturated rings. The predicted octanol–water partition coefficient (Wildman–Crippen LogP) is 1.43. The van der Waals surface area contributed by atoms with Crippen molar-refractivity contribution >= 4 is 11.9 Å². The van der Waals surface area contributed by atoms with Crippen LogP contribution in [0.4, 0.5) is 0 Å². The van der Waals surface area contributed by atoms with Crippen molar-refractivity contribution in [1.29, 1.82) is 0 Å². The molecule has 2 N–H and O–H groups in total. The first-order chi connectivity index (χ1) is 11.7. The summed E-state index contributed by atoms with van der Waals surface area (Å²) < 4.78 is 0. The fourth-order valence-electron chi connectivity index (χ4n) is 3.52. The molecular formula is C18H35N5O. The minimum Gasteiger partial charge on any atom is -0.357 e. The topological polar surface area (TPSA) is 60.0 Å². The number of piperidine rings is 1.